The van der Waals surface area contributed by atoms with E-state index in [1.807, 2.05) is 0 Å². The first kappa shape index (κ1) is 30.5. The predicted molar refractivity (Wildman–Crippen MR) is 139 cm³/mol. The molecule has 1 aromatic carbocycles. The van der Waals surface area contributed by atoms with Crippen molar-refractivity contribution in [1.29, 1.82) is 0 Å². The van der Waals surface area contributed by atoms with Crippen molar-refractivity contribution < 1.29 is 46.5 Å². The monoisotopic (exact) mass is 658 g/mol. The molecule has 2 aromatic heterocycles. The molecule has 1 fully saturated rings. The van der Waals surface area contributed by atoms with Crippen LogP contribution in [0.3, 0.4) is 0 Å². The molecule has 1 aliphatic rings. The Morgan fingerprint density at radius 1 is 1.00 bits per heavy atom. The minimum Gasteiger partial charge on any atom is -0.463 e. The maximum atomic E-state index is 13.9. The molecule has 16 heteroatoms. The van der Waals surface area contributed by atoms with E-state index < -0.39 is 65.1 Å². The van der Waals surface area contributed by atoms with E-state index in [0.717, 1.165) is 30.8 Å². The summed E-state index contributed by atoms with van der Waals surface area (Å²) in [5.74, 6) is -6.58. The molecule has 3 heterocycles. The Balaban J connectivity index is 1.82. The van der Waals surface area contributed by atoms with Crippen LogP contribution >= 0.6 is 27.7 Å². The molecule has 0 saturated carbocycles. The zero-order valence-corrected chi connectivity index (χ0v) is 24.0. The van der Waals surface area contributed by atoms with Crippen LogP contribution in [0.25, 0.3) is 11.3 Å². The normalized spacial score (nSPS) is 22.2. The average molecular weight is 659 g/mol. The van der Waals surface area contributed by atoms with Gasteiger partial charge in [0.25, 0.3) is 0 Å². The van der Waals surface area contributed by atoms with E-state index in [0.29, 0.717) is 9.37 Å². The van der Waals surface area contributed by atoms with Gasteiger partial charge in [-0.25, -0.2) is 17.9 Å². The van der Waals surface area contributed by atoms with Crippen molar-refractivity contribution in [3.05, 3.63) is 58.7 Å². The molecule has 0 aliphatic carbocycles. The zero-order chi connectivity index (χ0) is 29.8. The van der Waals surface area contributed by atoms with Crippen LogP contribution in [0.5, 0.6) is 0 Å². The van der Waals surface area contributed by atoms with Gasteiger partial charge in [0.15, 0.2) is 29.7 Å². The van der Waals surface area contributed by atoms with Crippen molar-refractivity contribution in [2.45, 2.75) is 55.5 Å². The predicted octanol–water partition coefficient (Wildman–Crippen LogP) is 4.00. The summed E-state index contributed by atoms with van der Waals surface area (Å²) in [6, 6.07) is 2.09. The number of esters is 3. The second-order valence-electron chi connectivity index (χ2n) is 8.78. The van der Waals surface area contributed by atoms with Crippen LogP contribution in [0.4, 0.5) is 13.2 Å². The maximum Gasteiger partial charge on any atom is 0.303 e. The highest BCUT2D eigenvalue weighted by atomic mass is 79.9. The van der Waals surface area contributed by atoms with Gasteiger partial charge < -0.3 is 18.9 Å². The molecular weight excluding hydrogens is 637 g/mol. The number of pyridine rings is 1. The molecule has 0 unspecified atom stereocenters. The van der Waals surface area contributed by atoms with Crippen LogP contribution in [-0.2, 0) is 33.3 Å². The number of carbonyl (C=O) groups is 3. The van der Waals surface area contributed by atoms with Gasteiger partial charge in [-0.15, -0.1) is 5.10 Å². The lowest BCUT2D eigenvalue weighted by Crippen LogP contribution is -2.57. The lowest BCUT2D eigenvalue weighted by Gasteiger charge is -2.44. The van der Waals surface area contributed by atoms with E-state index in [9.17, 15) is 27.6 Å². The van der Waals surface area contributed by atoms with Gasteiger partial charge in [-0.2, -0.15) is 0 Å². The van der Waals surface area contributed by atoms with Crippen molar-refractivity contribution >= 4 is 45.6 Å². The quantitative estimate of drug-likeness (QED) is 0.198. The Hall–Kier alpha value is -3.50. The molecule has 11 nitrogen and oxygen atoms in total. The summed E-state index contributed by atoms with van der Waals surface area (Å²) in [4.78, 5) is 40.8. The topological polar surface area (TPSA) is 132 Å². The third kappa shape index (κ3) is 7.42. The van der Waals surface area contributed by atoms with E-state index in [1.165, 1.54) is 24.7 Å². The minimum absolute atomic E-state index is 0.0608. The highest BCUT2D eigenvalue weighted by molar-refractivity contribution is 9.10. The number of rotatable bonds is 8. The van der Waals surface area contributed by atoms with E-state index in [1.54, 1.807) is 18.5 Å². The molecule has 0 radical (unpaired) electrons. The zero-order valence-electron chi connectivity index (χ0n) is 21.6. The molecular formula is C25H22BrF3N4O7S. The number of benzene rings is 1. The van der Waals surface area contributed by atoms with Gasteiger partial charge in [0, 0.05) is 48.1 Å². The maximum absolute atomic E-state index is 13.9. The van der Waals surface area contributed by atoms with Crippen LogP contribution in [0, 0.1) is 17.5 Å². The molecule has 1 saturated heterocycles. The lowest BCUT2D eigenvalue weighted by molar-refractivity contribution is -0.212. The number of halogens is 4. The summed E-state index contributed by atoms with van der Waals surface area (Å²) >= 11 is 4.46. The SMILES string of the molecule is CC(=O)OC[C@H]1O[C@H](Sc2cncc(Br)c2)[C@H](OC(C)=O)[C@@H](n2cc(-c3cc(F)c(F)c(F)c3)nn2)[C@H]1OC(C)=O. The first-order valence-corrected chi connectivity index (χ1v) is 13.6. The number of carbonyl (C=O) groups excluding carboxylic acids is 3. The number of aromatic nitrogens is 4. The highest BCUT2D eigenvalue weighted by Crippen LogP contribution is 2.41. The Morgan fingerprint density at radius 3 is 2.27 bits per heavy atom. The van der Waals surface area contributed by atoms with Crippen LogP contribution in [0.15, 0.2) is 46.2 Å². The third-order valence-corrected chi connectivity index (χ3v) is 7.24. The van der Waals surface area contributed by atoms with Crippen molar-refractivity contribution in [3.8, 4) is 11.3 Å². The Kier molecular flexibility index (Phi) is 9.65. The summed E-state index contributed by atoms with van der Waals surface area (Å²) in [6.45, 7) is 3.15. The minimum atomic E-state index is -1.65. The number of ether oxygens (including phenoxy) is 4. The summed E-state index contributed by atoms with van der Waals surface area (Å²) in [6.07, 6.45) is 0.862. The van der Waals surface area contributed by atoms with Crippen molar-refractivity contribution in [2.24, 2.45) is 0 Å². The fourth-order valence-electron chi connectivity index (χ4n) is 4.13. The fourth-order valence-corrected chi connectivity index (χ4v) is 5.78. The van der Waals surface area contributed by atoms with E-state index in [4.69, 9.17) is 18.9 Å². The molecule has 1 aliphatic heterocycles. The van der Waals surface area contributed by atoms with Crippen LogP contribution < -0.4 is 0 Å². The number of thioether (sulfide) groups is 1. The third-order valence-electron chi connectivity index (χ3n) is 5.70. The first-order valence-electron chi connectivity index (χ1n) is 11.9. The van der Waals surface area contributed by atoms with Crippen LogP contribution in [-0.4, -0.2) is 68.2 Å². The van der Waals surface area contributed by atoms with Crippen molar-refractivity contribution in [3.63, 3.8) is 0 Å². The largest absolute Gasteiger partial charge is 0.463 e. The van der Waals surface area contributed by atoms with E-state index in [-0.39, 0.29) is 17.9 Å². The molecule has 0 amide bonds. The Bertz CT molecular complexity index is 1440. The standard InChI is InChI=1S/C25H22BrF3N4O7S/c1-11(34)37-10-20-23(38-12(2)35)22(33-9-19(31-32-33)14-4-17(27)21(29)18(28)5-14)24(39-13(3)36)25(40-20)41-16-6-15(26)7-30-8-16/h4-9,20,22-25H,10H2,1-3H3/t20-,22+,23+,24-,25-/m1/s1. The van der Waals surface area contributed by atoms with Crippen LogP contribution in [0.1, 0.15) is 26.8 Å². The summed E-state index contributed by atoms with van der Waals surface area (Å²) in [5, 5.41) is 8.00. The van der Waals surface area contributed by atoms with E-state index >= 15 is 0 Å². The molecule has 3 aromatic rings. The highest BCUT2D eigenvalue weighted by Gasteiger charge is 2.52. The summed E-state index contributed by atoms with van der Waals surface area (Å²) in [5.41, 5.74) is -1.18. The second-order valence-corrected chi connectivity index (χ2v) is 10.9. The number of hydrogen-bond acceptors (Lipinski definition) is 11. The van der Waals surface area contributed by atoms with Gasteiger partial charge in [-0.3, -0.25) is 19.4 Å². The molecule has 41 heavy (non-hydrogen) atoms. The van der Waals surface area contributed by atoms with Gasteiger partial charge in [0.05, 0.1) is 6.20 Å². The van der Waals surface area contributed by atoms with Gasteiger partial charge in [-0.05, 0) is 34.1 Å². The summed E-state index contributed by atoms with van der Waals surface area (Å²) < 4.78 is 65.8. The number of hydrogen-bond donors (Lipinski definition) is 0. The van der Waals surface area contributed by atoms with Crippen molar-refractivity contribution in [1.82, 2.24) is 20.0 Å². The lowest BCUT2D eigenvalue weighted by atomic mass is 9.96. The Labute approximate surface area is 243 Å². The van der Waals surface area contributed by atoms with Gasteiger partial charge in [-0.1, -0.05) is 17.0 Å². The smallest absolute Gasteiger partial charge is 0.303 e. The van der Waals surface area contributed by atoms with Crippen LogP contribution in [0.2, 0.25) is 0 Å². The molecule has 0 bridgehead atoms. The van der Waals surface area contributed by atoms with Gasteiger partial charge in [0.1, 0.15) is 29.9 Å². The second kappa shape index (κ2) is 13.0. The molecule has 0 spiro atoms. The van der Waals surface area contributed by atoms with E-state index in [2.05, 4.69) is 31.2 Å². The average Bonchev–Trinajstić information content (AvgIpc) is 3.37. The van der Waals surface area contributed by atoms with Gasteiger partial charge >= 0.3 is 17.9 Å². The summed E-state index contributed by atoms with van der Waals surface area (Å²) in [7, 11) is 0. The first-order chi connectivity index (χ1) is 19.4. The fraction of sp³-hybridized carbons (Fsp3) is 0.360. The van der Waals surface area contributed by atoms with Crippen molar-refractivity contribution in [2.75, 3.05) is 6.61 Å². The molecule has 0 N–H and O–H groups in total. The molecule has 5 atom stereocenters. The molecule has 4 rings (SSSR count). The Morgan fingerprint density at radius 2 is 1.66 bits per heavy atom. The molecule has 218 valence electrons. The van der Waals surface area contributed by atoms with Gasteiger partial charge in [0.2, 0.25) is 0 Å². The number of nitrogens with zero attached hydrogens (tertiary/aromatic N) is 4.